The number of nitrogens with zero attached hydrogens (tertiary/aromatic N) is 3. The van der Waals surface area contributed by atoms with E-state index in [1.54, 1.807) is 6.07 Å². The highest BCUT2D eigenvalue weighted by Crippen LogP contribution is 2.31. The zero-order chi connectivity index (χ0) is 11.5. The first-order valence-corrected chi connectivity index (χ1v) is 5.32. The molecule has 1 aromatic heterocycles. The van der Waals surface area contributed by atoms with Crippen LogP contribution in [0.5, 0.6) is 0 Å². The van der Waals surface area contributed by atoms with Crippen LogP contribution in [0.2, 0.25) is 5.02 Å². The monoisotopic (exact) mass is 232 g/mol. The second-order valence-corrected chi connectivity index (χ2v) is 4.21. The van der Waals surface area contributed by atoms with Crippen molar-refractivity contribution < 1.29 is 0 Å². The number of hydrogen-bond donors (Lipinski definition) is 1. The summed E-state index contributed by atoms with van der Waals surface area (Å²) in [6, 6.07) is 6.04. The Morgan fingerprint density at radius 3 is 2.75 bits per heavy atom. The first-order chi connectivity index (χ1) is 7.72. The van der Waals surface area contributed by atoms with Gasteiger partial charge >= 0.3 is 0 Å². The van der Waals surface area contributed by atoms with Crippen LogP contribution in [-0.2, 0) is 0 Å². The van der Waals surface area contributed by atoms with Crippen LogP contribution < -0.4 is 5.32 Å². The molecular formula is C11H9ClN4. The van der Waals surface area contributed by atoms with Crippen molar-refractivity contribution in [2.24, 2.45) is 5.92 Å². The van der Waals surface area contributed by atoms with Crippen molar-refractivity contribution in [3.63, 3.8) is 0 Å². The van der Waals surface area contributed by atoms with Crippen molar-refractivity contribution in [2.45, 2.75) is 18.9 Å². The molecule has 4 nitrogen and oxygen atoms in total. The number of halogens is 1. The van der Waals surface area contributed by atoms with Gasteiger partial charge in [0, 0.05) is 12.2 Å². The van der Waals surface area contributed by atoms with Gasteiger partial charge in [0.15, 0.2) is 0 Å². The highest BCUT2D eigenvalue weighted by molar-refractivity contribution is 6.33. The van der Waals surface area contributed by atoms with Crippen LogP contribution in [-0.4, -0.2) is 11.0 Å². The number of rotatable bonds is 2. The highest BCUT2D eigenvalue weighted by atomic mass is 35.5. The van der Waals surface area contributed by atoms with Gasteiger partial charge in [-0.2, -0.15) is 10.5 Å². The van der Waals surface area contributed by atoms with E-state index in [0.29, 0.717) is 16.4 Å². The Hall–Kier alpha value is -1.78. The minimum absolute atomic E-state index is 0.148. The Bertz CT molecular complexity index is 480. The molecule has 0 unspecified atom stereocenters. The van der Waals surface area contributed by atoms with Crippen molar-refractivity contribution >= 4 is 17.4 Å². The molecule has 5 heteroatoms. The second kappa shape index (κ2) is 4.38. The summed E-state index contributed by atoms with van der Waals surface area (Å²) in [5.41, 5.74) is 0.444. The summed E-state index contributed by atoms with van der Waals surface area (Å²) >= 11 is 5.96. The molecule has 2 rings (SSSR count). The molecule has 0 atom stereocenters. The quantitative estimate of drug-likeness (QED) is 0.849. The highest BCUT2D eigenvalue weighted by Gasteiger charge is 2.29. The maximum atomic E-state index is 8.65. The van der Waals surface area contributed by atoms with Gasteiger partial charge in [0.1, 0.15) is 11.9 Å². The van der Waals surface area contributed by atoms with Crippen molar-refractivity contribution in [1.82, 2.24) is 4.98 Å². The summed E-state index contributed by atoms with van der Waals surface area (Å²) in [5, 5.41) is 20.9. The second-order valence-electron chi connectivity index (χ2n) is 3.80. The fourth-order valence-corrected chi connectivity index (χ4v) is 1.86. The van der Waals surface area contributed by atoms with Gasteiger partial charge in [-0.25, -0.2) is 4.98 Å². The van der Waals surface area contributed by atoms with Crippen molar-refractivity contribution in [1.29, 1.82) is 10.5 Å². The zero-order valence-electron chi connectivity index (χ0n) is 8.44. The minimum Gasteiger partial charge on any atom is -0.366 e. The lowest BCUT2D eigenvalue weighted by atomic mass is 9.81. The lowest BCUT2D eigenvalue weighted by Gasteiger charge is -2.31. The van der Waals surface area contributed by atoms with Crippen LogP contribution >= 0.6 is 11.6 Å². The number of anilines is 1. The topological polar surface area (TPSA) is 72.5 Å². The maximum Gasteiger partial charge on any atom is 0.145 e. The van der Waals surface area contributed by atoms with Gasteiger partial charge in [0.2, 0.25) is 0 Å². The van der Waals surface area contributed by atoms with E-state index in [4.69, 9.17) is 22.1 Å². The molecule has 1 aliphatic carbocycles. The normalized spacial score (nSPS) is 22.7. The molecule has 1 fully saturated rings. The molecule has 16 heavy (non-hydrogen) atoms. The van der Waals surface area contributed by atoms with Crippen LogP contribution in [0.1, 0.15) is 18.4 Å². The van der Waals surface area contributed by atoms with Crippen LogP contribution in [0.4, 0.5) is 5.82 Å². The molecule has 0 saturated heterocycles. The average molecular weight is 233 g/mol. The standard InChI is InChI=1S/C11H9ClN4/c12-10-3-8(5-14)6-15-11(10)16-9-1-7(2-9)4-13/h3,6-7,9H,1-2H2,(H,15,16). The molecule has 0 spiro atoms. The van der Waals surface area contributed by atoms with Gasteiger partial charge < -0.3 is 5.32 Å². The summed E-state index contributed by atoms with van der Waals surface area (Å²) in [7, 11) is 0. The Morgan fingerprint density at radius 1 is 1.44 bits per heavy atom. The molecule has 0 amide bonds. The van der Waals surface area contributed by atoms with Crippen molar-refractivity contribution in [3.8, 4) is 12.1 Å². The SMILES string of the molecule is N#Cc1cnc(NC2CC(C#N)C2)c(Cl)c1. The van der Waals surface area contributed by atoms with E-state index in [1.165, 1.54) is 6.20 Å². The smallest absolute Gasteiger partial charge is 0.145 e. The molecule has 1 aliphatic rings. The Balaban J connectivity index is 2.02. The number of hydrogen-bond acceptors (Lipinski definition) is 4. The van der Waals surface area contributed by atoms with E-state index in [9.17, 15) is 0 Å². The van der Waals surface area contributed by atoms with Crippen LogP contribution in [0.25, 0.3) is 0 Å². The molecule has 0 aromatic carbocycles. The predicted octanol–water partition coefficient (Wildman–Crippen LogP) is 2.32. The first-order valence-electron chi connectivity index (χ1n) is 4.94. The third kappa shape index (κ3) is 2.08. The molecule has 1 saturated carbocycles. The van der Waals surface area contributed by atoms with Gasteiger partial charge in [-0.3, -0.25) is 0 Å². The van der Waals surface area contributed by atoms with Crippen molar-refractivity contribution in [3.05, 3.63) is 22.8 Å². The largest absolute Gasteiger partial charge is 0.366 e. The van der Waals surface area contributed by atoms with E-state index in [2.05, 4.69) is 16.4 Å². The van der Waals surface area contributed by atoms with E-state index in [1.807, 2.05) is 6.07 Å². The Labute approximate surface area is 98.5 Å². The number of aromatic nitrogens is 1. The summed E-state index contributed by atoms with van der Waals surface area (Å²) < 4.78 is 0. The Morgan fingerprint density at radius 2 is 2.19 bits per heavy atom. The van der Waals surface area contributed by atoms with Crippen LogP contribution in [0, 0.1) is 28.6 Å². The van der Waals surface area contributed by atoms with E-state index >= 15 is 0 Å². The van der Waals surface area contributed by atoms with E-state index < -0.39 is 0 Å². The van der Waals surface area contributed by atoms with Gasteiger partial charge in [0.05, 0.1) is 22.6 Å². The molecule has 80 valence electrons. The lowest BCUT2D eigenvalue weighted by molar-refractivity contribution is 0.353. The average Bonchev–Trinajstić information content (AvgIpc) is 2.24. The zero-order valence-corrected chi connectivity index (χ0v) is 9.20. The summed E-state index contributed by atoms with van der Waals surface area (Å²) in [4.78, 5) is 4.07. The molecule has 1 heterocycles. The Kier molecular flexibility index (Phi) is 2.94. The third-order valence-electron chi connectivity index (χ3n) is 2.63. The molecule has 0 bridgehead atoms. The van der Waals surface area contributed by atoms with Crippen LogP contribution in [0.15, 0.2) is 12.3 Å². The van der Waals surface area contributed by atoms with Gasteiger partial charge in [-0.15, -0.1) is 0 Å². The minimum atomic E-state index is 0.148. The van der Waals surface area contributed by atoms with Gasteiger partial charge in [-0.1, -0.05) is 11.6 Å². The van der Waals surface area contributed by atoms with Gasteiger partial charge in [0.25, 0.3) is 0 Å². The molecule has 1 N–H and O–H groups in total. The maximum absolute atomic E-state index is 8.65. The molecule has 1 aromatic rings. The molecule has 0 radical (unpaired) electrons. The van der Waals surface area contributed by atoms with E-state index in [0.717, 1.165) is 12.8 Å². The number of nitrogens with one attached hydrogen (secondary N) is 1. The van der Waals surface area contributed by atoms with Gasteiger partial charge in [-0.05, 0) is 18.9 Å². The summed E-state index contributed by atoms with van der Waals surface area (Å²) in [5.74, 6) is 0.733. The lowest BCUT2D eigenvalue weighted by Crippen LogP contribution is -2.34. The fraction of sp³-hybridized carbons (Fsp3) is 0.364. The van der Waals surface area contributed by atoms with Crippen LogP contribution in [0.3, 0.4) is 0 Å². The number of pyridine rings is 1. The molecular weight excluding hydrogens is 224 g/mol. The van der Waals surface area contributed by atoms with Crippen molar-refractivity contribution in [2.75, 3.05) is 5.32 Å². The molecule has 0 aliphatic heterocycles. The fourth-order valence-electron chi connectivity index (χ4n) is 1.64. The summed E-state index contributed by atoms with van der Waals surface area (Å²) in [6.07, 6.45) is 3.14. The first kappa shape index (κ1) is 10.7. The van der Waals surface area contributed by atoms with E-state index in [-0.39, 0.29) is 12.0 Å². The predicted molar refractivity (Wildman–Crippen MR) is 59.7 cm³/mol. The summed E-state index contributed by atoms with van der Waals surface area (Å²) in [6.45, 7) is 0. The third-order valence-corrected chi connectivity index (χ3v) is 2.92. The number of nitriles is 2.